The third-order valence-corrected chi connectivity index (χ3v) is 3.25. The molecule has 5 heteroatoms. The lowest BCUT2D eigenvalue weighted by Gasteiger charge is -2.06. The number of amides is 1. The van der Waals surface area contributed by atoms with Crippen LogP contribution in [-0.4, -0.2) is 15.3 Å². The summed E-state index contributed by atoms with van der Waals surface area (Å²) in [6.07, 6.45) is 2.47. The molecule has 2 aromatic heterocycles. The van der Waals surface area contributed by atoms with Crippen LogP contribution in [0, 0.1) is 5.82 Å². The second-order valence-electron chi connectivity index (χ2n) is 4.65. The highest BCUT2D eigenvalue weighted by atomic mass is 19.1. The second kappa shape index (κ2) is 5.36. The van der Waals surface area contributed by atoms with Gasteiger partial charge in [-0.1, -0.05) is 13.0 Å². The van der Waals surface area contributed by atoms with E-state index in [1.807, 2.05) is 25.1 Å². The summed E-state index contributed by atoms with van der Waals surface area (Å²) in [5, 5.41) is 2.77. The van der Waals surface area contributed by atoms with Gasteiger partial charge >= 0.3 is 0 Å². The highest BCUT2D eigenvalue weighted by molar-refractivity contribution is 6.04. The Hall–Kier alpha value is -2.69. The van der Waals surface area contributed by atoms with Gasteiger partial charge in [0.25, 0.3) is 5.91 Å². The Kier molecular flexibility index (Phi) is 3.39. The van der Waals surface area contributed by atoms with E-state index in [1.54, 1.807) is 10.6 Å². The Morgan fingerprint density at radius 3 is 2.71 bits per heavy atom. The molecule has 0 spiro atoms. The number of fused-ring (bicyclic) bond motifs is 1. The third-order valence-electron chi connectivity index (χ3n) is 3.25. The van der Waals surface area contributed by atoms with Crippen LogP contribution >= 0.6 is 0 Å². The quantitative estimate of drug-likeness (QED) is 0.801. The molecule has 21 heavy (non-hydrogen) atoms. The SMILES string of the molecule is CCc1nc2ccccn2c1C(=O)Nc1ccc(F)cc1. The maximum absolute atomic E-state index is 12.9. The smallest absolute Gasteiger partial charge is 0.274 e. The van der Waals surface area contributed by atoms with E-state index >= 15 is 0 Å². The van der Waals surface area contributed by atoms with Gasteiger partial charge in [0.05, 0.1) is 5.69 Å². The number of nitrogens with zero attached hydrogens (tertiary/aromatic N) is 2. The fourth-order valence-corrected chi connectivity index (χ4v) is 2.26. The van der Waals surface area contributed by atoms with Gasteiger partial charge in [0.2, 0.25) is 0 Å². The summed E-state index contributed by atoms with van der Waals surface area (Å²) in [6, 6.07) is 11.3. The average molecular weight is 283 g/mol. The van der Waals surface area contributed by atoms with Gasteiger partial charge in [-0.05, 0) is 42.8 Å². The molecule has 2 heterocycles. The minimum absolute atomic E-state index is 0.253. The molecule has 3 aromatic rings. The molecule has 0 aliphatic carbocycles. The minimum atomic E-state index is -0.336. The predicted octanol–water partition coefficient (Wildman–Crippen LogP) is 3.29. The number of rotatable bonds is 3. The molecule has 3 rings (SSSR count). The topological polar surface area (TPSA) is 46.4 Å². The van der Waals surface area contributed by atoms with Crippen LogP contribution in [0.4, 0.5) is 10.1 Å². The molecule has 0 unspecified atom stereocenters. The lowest BCUT2D eigenvalue weighted by molar-refractivity contribution is 0.102. The number of carbonyl (C=O) groups is 1. The van der Waals surface area contributed by atoms with Gasteiger partial charge in [0.15, 0.2) is 0 Å². The van der Waals surface area contributed by atoms with Gasteiger partial charge in [-0.3, -0.25) is 9.20 Å². The number of benzene rings is 1. The van der Waals surface area contributed by atoms with Crippen molar-refractivity contribution in [1.82, 2.24) is 9.38 Å². The number of carbonyl (C=O) groups excluding carboxylic acids is 1. The van der Waals surface area contributed by atoms with Crippen LogP contribution in [0.2, 0.25) is 0 Å². The largest absolute Gasteiger partial charge is 0.321 e. The Balaban J connectivity index is 1.99. The van der Waals surface area contributed by atoms with E-state index in [9.17, 15) is 9.18 Å². The summed E-state index contributed by atoms with van der Waals surface area (Å²) >= 11 is 0. The van der Waals surface area contributed by atoms with E-state index in [2.05, 4.69) is 10.3 Å². The monoisotopic (exact) mass is 283 g/mol. The van der Waals surface area contributed by atoms with Crippen molar-refractivity contribution in [3.8, 4) is 0 Å². The molecule has 106 valence electrons. The van der Waals surface area contributed by atoms with E-state index in [4.69, 9.17) is 0 Å². The first-order valence-electron chi connectivity index (χ1n) is 6.72. The predicted molar refractivity (Wildman–Crippen MR) is 78.9 cm³/mol. The molecular weight excluding hydrogens is 269 g/mol. The van der Waals surface area contributed by atoms with Crippen LogP contribution < -0.4 is 5.32 Å². The summed E-state index contributed by atoms with van der Waals surface area (Å²) in [7, 11) is 0. The lowest BCUT2D eigenvalue weighted by atomic mass is 10.2. The summed E-state index contributed by atoms with van der Waals surface area (Å²) in [5.41, 5.74) is 2.53. The zero-order chi connectivity index (χ0) is 14.8. The van der Waals surface area contributed by atoms with Gasteiger partial charge in [-0.2, -0.15) is 0 Å². The van der Waals surface area contributed by atoms with Gasteiger partial charge in [0.1, 0.15) is 17.2 Å². The molecule has 0 aliphatic heterocycles. The van der Waals surface area contributed by atoms with Crippen LogP contribution in [0.25, 0.3) is 5.65 Å². The number of aryl methyl sites for hydroxylation is 1. The fourth-order valence-electron chi connectivity index (χ4n) is 2.26. The molecule has 0 fully saturated rings. The van der Waals surface area contributed by atoms with Crippen molar-refractivity contribution >= 4 is 17.2 Å². The zero-order valence-electron chi connectivity index (χ0n) is 11.5. The molecule has 1 aromatic carbocycles. The second-order valence-corrected chi connectivity index (χ2v) is 4.65. The van der Waals surface area contributed by atoms with Crippen molar-refractivity contribution in [2.45, 2.75) is 13.3 Å². The Morgan fingerprint density at radius 1 is 1.24 bits per heavy atom. The van der Waals surface area contributed by atoms with E-state index < -0.39 is 0 Å². The molecule has 0 aliphatic rings. The minimum Gasteiger partial charge on any atom is -0.321 e. The lowest BCUT2D eigenvalue weighted by Crippen LogP contribution is -2.16. The number of pyridine rings is 1. The van der Waals surface area contributed by atoms with Crippen molar-refractivity contribution in [2.24, 2.45) is 0 Å². The van der Waals surface area contributed by atoms with Gasteiger partial charge in [-0.15, -0.1) is 0 Å². The van der Waals surface area contributed by atoms with Crippen LogP contribution in [0.15, 0.2) is 48.7 Å². The first-order valence-corrected chi connectivity index (χ1v) is 6.72. The normalized spacial score (nSPS) is 10.8. The molecule has 0 saturated carbocycles. The molecule has 0 radical (unpaired) electrons. The van der Waals surface area contributed by atoms with E-state index in [0.717, 1.165) is 11.3 Å². The Labute approximate surface area is 121 Å². The number of imidazole rings is 1. The van der Waals surface area contributed by atoms with E-state index in [-0.39, 0.29) is 11.7 Å². The molecule has 1 N–H and O–H groups in total. The summed E-state index contributed by atoms with van der Waals surface area (Å²) in [4.78, 5) is 16.9. The molecule has 0 atom stereocenters. The van der Waals surface area contributed by atoms with Crippen molar-refractivity contribution in [3.63, 3.8) is 0 Å². The van der Waals surface area contributed by atoms with Crippen molar-refractivity contribution in [2.75, 3.05) is 5.32 Å². The third kappa shape index (κ3) is 2.50. The fraction of sp³-hybridized carbons (Fsp3) is 0.125. The van der Waals surface area contributed by atoms with Crippen molar-refractivity contribution < 1.29 is 9.18 Å². The van der Waals surface area contributed by atoms with Crippen LogP contribution in [-0.2, 0) is 6.42 Å². The first-order chi connectivity index (χ1) is 10.2. The number of hydrogen-bond donors (Lipinski definition) is 1. The van der Waals surface area contributed by atoms with Gasteiger partial charge < -0.3 is 5.32 Å². The Bertz CT molecular complexity index is 793. The summed E-state index contributed by atoms with van der Waals surface area (Å²) < 4.78 is 14.7. The van der Waals surface area contributed by atoms with Crippen LogP contribution in [0.1, 0.15) is 23.1 Å². The maximum Gasteiger partial charge on any atom is 0.274 e. The number of nitrogens with one attached hydrogen (secondary N) is 1. The maximum atomic E-state index is 12.9. The average Bonchev–Trinajstić information content (AvgIpc) is 2.88. The van der Waals surface area contributed by atoms with Crippen molar-refractivity contribution in [3.05, 3.63) is 65.9 Å². The van der Waals surface area contributed by atoms with Gasteiger partial charge in [-0.25, -0.2) is 9.37 Å². The van der Waals surface area contributed by atoms with Crippen LogP contribution in [0.5, 0.6) is 0 Å². The zero-order valence-corrected chi connectivity index (χ0v) is 11.5. The molecule has 0 saturated heterocycles. The van der Waals surface area contributed by atoms with Crippen molar-refractivity contribution in [1.29, 1.82) is 0 Å². The molecule has 4 nitrogen and oxygen atoms in total. The molecular formula is C16H14FN3O. The van der Waals surface area contributed by atoms with Crippen LogP contribution in [0.3, 0.4) is 0 Å². The summed E-state index contributed by atoms with van der Waals surface area (Å²) in [6.45, 7) is 1.95. The first kappa shape index (κ1) is 13.3. The number of anilines is 1. The number of aromatic nitrogens is 2. The van der Waals surface area contributed by atoms with Gasteiger partial charge in [0, 0.05) is 11.9 Å². The number of halogens is 1. The molecule has 0 bridgehead atoms. The summed E-state index contributed by atoms with van der Waals surface area (Å²) in [5.74, 6) is -0.589. The Morgan fingerprint density at radius 2 is 2.00 bits per heavy atom. The molecule has 1 amide bonds. The van der Waals surface area contributed by atoms with E-state index in [0.29, 0.717) is 17.8 Å². The highest BCUT2D eigenvalue weighted by Crippen LogP contribution is 2.16. The van der Waals surface area contributed by atoms with E-state index in [1.165, 1.54) is 24.3 Å². The standard InChI is InChI=1S/C16H14FN3O/c1-2-13-15(20-10-4-3-5-14(20)19-13)16(21)18-12-8-6-11(17)7-9-12/h3-10H,2H2,1H3,(H,18,21). The highest BCUT2D eigenvalue weighted by Gasteiger charge is 2.17. The number of hydrogen-bond acceptors (Lipinski definition) is 2.